The highest BCUT2D eigenvalue weighted by Gasteiger charge is 2.30. The Bertz CT molecular complexity index is 641. The molecule has 0 amide bonds. The Kier molecular flexibility index (Phi) is 4.76. The second-order valence-electron chi connectivity index (χ2n) is 5.99. The zero-order valence-corrected chi connectivity index (χ0v) is 13.9. The summed E-state index contributed by atoms with van der Waals surface area (Å²) in [6.45, 7) is 4.58. The molecular formula is C16H24N6O. The zero-order chi connectivity index (χ0) is 16.2. The number of aromatic nitrogens is 4. The van der Waals surface area contributed by atoms with E-state index in [4.69, 9.17) is 4.74 Å². The molecule has 2 aromatic heterocycles. The van der Waals surface area contributed by atoms with Crippen LogP contribution in [-0.4, -0.2) is 47.0 Å². The molecule has 0 aromatic carbocycles. The molecule has 2 atom stereocenters. The van der Waals surface area contributed by atoms with Crippen LogP contribution in [0, 0.1) is 5.92 Å². The predicted molar refractivity (Wildman–Crippen MR) is 89.5 cm³/mol. The van der Waals surface area contributed by atoms with Crippen molar-refractivity contribution in [1.82, 2.24) is 19.7 Å². The molecule has 0 radical (unpaired) electrons. The van der Waals surface area contributed by atoms with Crippen molar-refractivity contribution in [3.05, 3.63) is 30.2 Å². The van der Waals surface area contributed by atoms with Crippen molar-refractivity contribution in [2.24, 2.45) is 5.92 Å². The first-order valence-corrected chi connectivity index (χ1v) is 8.05. The summed E-state index contributed by atoms with van der Waals surface area (Å²) in [6, 6.07) is 1.90. The maximum Gasteiger partial charge on any atom is 0.226 e. The van der Waals surface area contributed by atoms with Crippen molar-refractivity contribution in [2.45, 2.75) is 26.0 Å². The summed E-state index contributed by atoms with van der Waals surface area (Å²) in [5.41, 5.74) is 1.16. The fourth-order valence-corrected chi connectivity index (χ4v) is 2.81. The van der Waals surface area contributed by atoms with Crippen molar-refractivity contribution in [3.63, 3.8) is 0 Å². The summed E-state index contributed by atoms with van der Waals surface area (Å²) in [7, 11) is 3.87. The normalized spacial score (nSPS) is 20.7. The largest absolute Gasteiger partial charge is 0.373 e. The summed E-state index contributed by atoms with van der Waals surface area (Å²) in [5.74, 6) is 1.97. The first kappa shape index (κ1) is 15.7. The molecule has 1 N–H and O–H groups in total. The van der Waals surface area contributed by atoms with Crippen molar-refractivity contribution < 1.29 is 4.74 Å². The summed E-state index contributed by atoms with van der Waals surface area (Å²) >= 11 is 0. The number of hydrogen-bond acceptors (Lipinski definition) is 6. The quantitative estimate of drug-likeness (QED) is 0.878. The van der Waals surface area contributed by atoms with Gasteiger partial charge in [-0.05, 0) is 19.4 Å². The topological polar surface area (TPSA) is 68.1 Å². The lowest BCUT2D eigenvalue weighted by Crippen LogP contribution is -2.19. The van der Waals surface area contributed by atoms with E-state index in [0.717, 1.165) is 37.5 Å². The lowest BCUT2D eigenvalue weighted by atomic mass is 9.97. The third-order valence-corrected chi connectivity index (χ3v) is 4.11. The molecule has 1 aliphatic rings. The number of nitrogens with one attached hydrogen (secondary N) is 1. The molecule has 0 saturated carbocycles. The van der Waals surface area contributed by atoms with Gasteiger partial charge < -0.3 is 15.0 Å². The smallest absolute Gasteiger partial charge is 0.226 e. The Hall–Kier alpha value is -2.15. The number of hydrogen-bond donors (Lipinski definition) is 1. The van der Waals surface area contributed by atoms with Crippen LogP contribution < -0.4 is 10.2 Å². The Morgan fingerprint density at radius 2 is 2.30 bits per heavy atom. The highest BCUT2D eigenvalue weighted by molar-refractivity contribution is 5.40. The molecule has 0 unspecified atom stereocenters. The lowest BCUT2D eigenvalue weighted by Gasteiger charge is -2.18. The van der Waals surface area contributed by atoms with Crippen LogP contribution in [0.3, 0.4) is 0 Å². The third-order valence-electron chi connectivity index (χ3n) is 4.11. The van der Waals surface area contributed by atoms with E-state index in [0.29, 0.717) is 11.9 Å². The maximum atomic E-state index is 5.93. The molecule has 0 aliphatic carbocycles. The average Bonchev–Trinajstić information content (AvgIpc) is 3.21. The van der Waals surface area contributed by atoms with E-state index < -0.39 is 0 Å². The van der Waals surface area contributed by atoms with Crippen LogP contribution in [0.5, 0.6) is 0 Å². The van der Waals surface area contributed by atoms with Crippen LogP contribution in [0.4, 0.5) is 11.8 Å². The maximum absolute atomic E-state index is 5.93. The SMILES string of the molecule is CCn1cc([C@@H]2OCC[C@H]2CNc2ccnc(N(C)C)n2)cn1. The summed E-state index contributed by atoms with van der Waals surface area (Å²) in [6.07, 6.45) is 6.93. The molecule has 23 heavy (non-hydrogen) atoms. The van der Waals surface area contributed by atoms with Gasteiger partial charge in [-0.25, -0.2) is 4.98 Å². The molecule has 7 heteroatoms. The van der Waals surface area contributed by atoms with Crippen LogP contribution in [-0.2, 0) is 11.3 Å². The van der Waals surface area contributed by atoms with E-state index in [2.05, 4.69) is 33.5 Å². The Balaban J connectivity index is 1.64. The van der Waals surface area contributed by atoms with Crippen LogP contribution in [0.1, 0.15) is 25.0 Å². The number of aryl methyl sites for hydroxylation is 1. The van der Waals surface area contributed by atoms with E-state index >= 15 is 0 Å². The fraction of sp³-hybridized carbons (Fsp3) is 0.562. The van der Waals surface area contributed by atoms with Crippen LogP contribution in [0.2, 0.25) is 0 Å². The average molecular weight is 316 g/mol. The molecule has 1 fully saturated rings. The summed E-state index contributed by atoms with van der Waals surface area (Å²) in [5, 5.41) is 7.77. The standard InChI is InChI=1S/C16H24N6O/c1-4-22-11-13(10-19-22)15-12(6-8-23-15)9-18-14-5-7-17-16(20-14)21(2)3/h5,7,10-12,15H,4,6,8-9H2,1-3H3,(H,17,18,20)/t12-,15+/m0/s1. The van der Waals surface area contributed by atoms with Crippen molar-refractivity contribution in [2.75, 3.05) is 37.5 Å². The minimum Gasteiger partial charge on any atom is -0.373 e. The van der Waals surface area contributed by atoms with Crippen molar-refractivity contribution in [1.29, 1.82) is 0 Å². The van der Waals surface area contributed by atoms with E-state index in [1.165, 1.54) is 0 Å². The van der Waals surface area contributed by atoms with Gasteiger partial charge in [0, 0.05) is 57.7 Å². The van der Waals surface area contributed by atoms with E-state index in [1.807, 2.05) is 35.9 Å². The van der Waals surface area contributed by atoms with Gasteiger partial charge in [0.05, 0.1) is 12.3 Å². The van der Waals surface area contributed by atoms with Crippen molar-refractivity contribution >= 4 is 11.8 Å². The zero-order valence-electron chi connectivity index (χ0n) is 13.9. The number of anilines is 2. The molecule has 1 aliphatic heterocycles. The van der Waals surface area contributed by atoms with Gasteiger partial charge >= 0.3 is 0 Å². The van der Waals surface area contributed by atoms with Gasteiger partial charge in [-0.15, -0.1) is 0 Å². The second kappa shape index (κ2) is 6.95. The molecular weight excluding hydrogens is 292 g/mol. The van der Waals surface area contributed by atoms with Crippen LogP contribution in [0.25, 0.3) is 0 Å². The molecule has 2 aromatic rings. The first-order valence-electron chi connectivity index (χ1n) is 8.05. The Morgan fingerprint density at radius 1 is 1.43 bits per heavy atom. The molecule has 3 heterocycles. The first-order chi connectivity index (χ1) is 11.2. The van der Waals surface area contributed by atoms with E-state index in [1.54, 1.807) is 6.20 Å². The molecule has 0 spiro atoms. The predicted octanol–water partition coefficient (Wildman–Crippen LogP) is 1.95. The fourth-order valence-electron chi connectivity index (χ4n) is 2.81. The van der Waals surface area contributed by atoms with Gasteiger partial charge in [-0.1, -0.05) is 0 Å². The monoisotopic (exact) mass is 316 g/mol. The Morgan fingerprint density at radius 3 is 3.04 bits per heavy atom. The van der Waals surface area contributed by atoms with Gasteiger partial charge in [-0.3, -0.25) is 4.68 Å². The van der Waals surface area contributed by atoms with E-state index in [-0.39, 0.29) is 6.10 Å². The van der Waals surface area contributed by atoms with Crippen LogP contribution >= 0.6 is 0 Å². The van der Waals surface area contributed by atoms with Crippen LogP contribution in [0.15, 0.2) is 24.7 Å². The van der Waals surface area contributed by atoms with Gasteiger partial charge in [0.1, 0.15) is 5.82 Å². The van der Waals surface area contributed by atoms with Crippen molar-refractivity contribution in [3.8, 4) is 0 Å². The summed E-state index contributed by atoms with van der Waals surface area (Å²) in [4.78, 5) is 10.6. The second-order valence-corrected chi connectivity index (χ2v) is 5.99. The highest BCUT2D eigenvalue weighted by Crippen LogP contribution is 2.34. The minimum absolute atomic E-state index is 0.109. The van der Waals surface area contributed by atoms with Gasteiger partial charge in [0.15, 0.2) is 0 Å². The minimum atomic E-state index is 0.109. The van der Waals surface area contributed by atoms with Gasteiger partial charge in [0.25, 0.3) is 0 Å². The summed E-state index contributed by atoms with van der Waals surface area (Å²) < 4.78 is 7.87. The van der Waals surface area contributed by atoms with Gasteiger partial charge in [-0.2, -0.15) is 10.1 Å². The van der Waals surface area contributed by atoms with Gasteiger partial charge in [0.2, 0.25) is 5.95 Å². The highest BCUT2D eigenvalue weighted by atomic mass is 16.5. The molecule has 3 rings (SSSR count). The Labute approximate surface area is 136 Å². The molecule has 124 valence electrons. The lowest BCUT2D eigenvalue weighted by molar-refractivity contribution is 0.0932. The number of ether oxygens (including phenoxy) is 1. The molecule has 7 nitrogen and oxygen atoms in total. The molecule has 0 bridgehead atoms. The number of nitrogens with zero attached hydrogens (tertiary/aromatic N) is 5. The van der Waals surface area contributed by atoms with E-state index in [9.17, 15) is 0 Å². The third kappa shape index (κ3) is 3.61. The molecule has 1 saturated heterocycles. The number of rotatable bonds is 6.